The van der Waals surface area contributed by atoms with Gasteiger partial charge in [-0.05, 0) is 11.1 Å². The zero-order chi connectivity index (χ0) is 6.57. The Kier molecular flexibility index (Phi) is 3.08. The molecule has 0 rings (SSSR count). The van der Waals surface area contributed by atoms with E-state index in [-0.39, 0.29) is 11.1 Å². The smallest absolute Gasteiger partial charge is 0.114 e. The summed E-state index contributed by atoms with van der Waals surface area (Å²) in [5.41, 5.74) is 0.292. The Morgan fingerprint density at radius 2 is 1.25 bits per heavy atom. The van der Waals surface area contributed by atoms with Gasteiger partial charge in [0.1, 0.15) is 13.3 Å². The Balaban J connectivity index is 3.64. The van der Waals surface area contributed by atoms with Crippen LogP contribution in [0.4, 0.5) is 8.78 Å². The molecular formula is C6H8F2. The first-order chi connectivity index (χ1) is 3.72. The number of allylic oxidation sites excluding steroid dienone is 2. The van der Waals surface area contributed by atoms with E-state index in [2.05, 4.69) is 13.2 Å². The summed E-state index contributed by atoms with van der Waals surface area (Å²) in [5, 5.41) is 0. The zero-order valence-corrected chi connectivity index (χ0v) is 4.58. The highest BCUT2D eigenvalue weighted by Crippen LogP contribution is 2.04. The fourth-order valence-electron chi connectivity index (χ4n) is 0.189. The van der Waals surface area contributed by atoms with E-state index in [4.69, 9.17) is 0 Å². The molecule has 0 aromatic rings. The Morgan fingerprint density at radius 1 is 1.00 bits per heavy atom. The molecular weight excluding hydrogens is 110 g/mol. The van der Waals surface area contributed by atoms with Crippen molar-refractivity contribution in [1.82, 2.24) is 0 Å². The van der Waals surface area contributed by atoms with Crippen LogP contribution < -0.4 is 0 Å². The lowest BCUT2D eigenvalue weighted by molar-refractivity contribution is 0.517. The van der Waals surface area contributed by atoms with E-state index in [9.17, 15) is 8.78 Å². The second kappa shape index (κ2) is 3.36. The third-order valence-electron chi connectivity index (χ3n) is 0.823. The molecule has 0 fully saturated rings. The first kappa shape index (κ1) is 7.34. The van der Waals surface area contributed by atoms with Gasteiger partial charge in [0.15, 0.2) is 0 Å². The maximum Gasteiger partial charge on any atom is 0.114 e. The number of hydrogen-bond donors (Lipinski definition) is 0. The lowest BCUT2D eigenvalue weighted by Gasteiger charge is -1.96. The topological polar surface area (TPSA) is 0 Å². The van der Waals surface area contributed by atoms with Crippen LogP contribution in [0, 0.1) is 0 Å². The zero-order valence-electron chi connectivity index (χ0n) is 4.58. The summed E-state index contributed by atoms with van der Waals surface area (Å²) >= 11 is 0. The van der Waals surface area contributed by atoms with Gasteiger partial charge in [-0.1, -0.05) is 13.2 Å². The van der Waals surface area contributed by atoms with Gasteiger partial charge < -0.3 is 0 Å². The van der Waals surface area contributed by atoms with Crippen LogP contribution in [-0.4, -0.2) is 13.3 Å². The second-order valence-electron chi connectivity index (χ2n) is 1.47. The maximum absolute atomic E-state index is 11.5. The Bertz CT molecular complexity index is 91.1. The van der Waals surface area contributed by atoms with Crippen LogP contribution in [-0.2, 0) is 0 Å². The number of halogens is 2. The van der Waals surface area contributed by atoms with E-state index < -0.39 is 13.3 Å². The molecule has 0 N–H and O–H groups in total. The molecule has 0 heterocycles. The van der Waals surface area contributed by atoms with Gasteiger partial charge in [0.25, 0.3) is 0 Å². The second-order valence-corrected chi connectivity index (χ2v) is 1.47. The summed E-state index contributed by atoms with van der Waals surface area (Å²) in [6.45, 7) is 5.05. The molecule has 0 aliphatic heterocycles. The van der Waals surface area contributed by atoms with Crippen molar-refractivity contribution >= 4 is 0 Å². The fourth-order valence-corrected chi connectivity index (χ4v) is 0.189. The minimum Gasteiger partial charge on any atom is -0.246 e. The van der Waals surface area contributed by atoms with Gasteiger partial charge in [-0.3, -0.25) is 0 Å². The van der Waals surface area contributed by atoms with Crippen LogP contribution >= 0.6 is 0 Å². The van der Waals surface area contributed by atoms with Crippen molar-refractivity contribution in [3.05, 3.63) is 24.3 Å². The molecule has 0 radical (unpaired) electrons. The molecule has 0 atom stereocenters. The van der Waals surface area contributed by atoms with E-state index in [1.807, 2.05) is 0 Å². The van der Waals surface area contributed by atoms with Gasteiger partial charge in [0, 0.05) is 0 Å². The van der Waals surface area contributed by atoms with Gasteiger partial charge in [-0.25, -0.2) is 8.78 Å². The van der Waals surface area contributed by atoms with E-state index in [1.165, 1.54) is 0 Å². The molecule has 0 aliphatic carbocycles. The van der Waals surface area contributed by atoms with Crippen LogP contribution in [0.5, 0.6) is 0 Å². The van der Waals surface area contributed by atoms with Crippen molar-refractivity contribution in [2.45, 2.75) is 0 Å². The Labute approximate surface area is 47.5 Å². The molecule has 0 unspecified atom stereocenters. The molecule has 8 heavy (non-hydrogen) atoms. The van der Waals surface area contributed by atoms with Crippen molar-refractivity contribution in [3.63, 3.8) is 0 Å². The summed E-state index contributed by atoms with van der Waals surface area (Å²) < 4.78 is 23.0. The normalized spacial score (nSPS) is 8.75. The van der Waals surface area contributed by atoms with E-state index >= 15 is 0 Å². The van der Waals surface area contributed by atoms with E-state index in [0.717, 1.165) is 0 Å². The minimum atomic E-state index is -0.706. The molecule has 0 spiro atoms. The molecule has 0 bridgehead atoms. The molecule has 0 saturated carbocycles. The third kappa shape index (κ3) is 1.87. The summed E-state index contributed by atoms with van der Waals surface area (Å²) in [4.78, 5) is 0. The number of alkyl halides is 2. The molecule has 46 valence electrons. The van der Waals surface area contributed by atoms with Crippen LogP contribution in [0.2, 0.25) is 0 Å². The summed E-state index contributed by atoms with van der Waals surface area (Å²) in [7, 11) is 0. The summed E-state index contributed by atoms with van der Waals surface area (Å²) in [6.07, 6.45) is 0. The van der Waals surface area contributed by atoms with Gasteiger partial charge in [-0.2, -0.15) is 0 Å². The monoisotopic (exact) mass is 118 g/mol. The van der Waals surface area contributed by atoms with Crippen molar-refractivity contribution in [3.8, 4) is 0 Å². The van der Waals surface area contributed by atoms with Crippen molar-refractivity contribution < 1.29 is 8.78 Å². The quantitative estimate of drug-likeness (QED) is 0.497. The van der Waals surface area contributed by atoms with Gasteiger partial charge in [-0.15, -0.1) is 0 Å². The van der Waals surface area contributed by atoms with Gasteiger partial charge >= 0.3 is 0 Å². The average molecular weight is 118 g/mol. The lowest BCUT2D eigenvalue weighted by Crippen LogP contribution is -1.89. The van der Waals surface area contributed by atoms with Crippen molar-refractivity contribution in [1.29, 1.82) is 0 Å². The van der Waals surface area contributed by atoms with Gasteiger partial charge in [0.05, 0.1) is 0 Å². The Morgan fingerprint density at radius 3 is 1.38 bits per heavy atom. The van der Waals surface area contributed by atoms with Crippen molar-refractivity contribution in [2.75, 3.05) is 13.3 Å². The van der Waals surface area contributed by atoms with Crippen LogP contribution in [0.3, 0.4) is 0 Å². The predicted molar refractivity (Wildman–Crippen MR) is 30.2 cm³/mol. The SMILES string of the molecule is C=C(CF)C(=C)CF. The third-order valence-corrected chi connectivity index (χ3v) is 0.823. The van der Waals surface area contributed by atoms with E-state index in [1.54, 1.807) is 0 Å². The Hall–Kier alpha value is -0.660. The van der Waals surface area contributed by atoms with Crippen molar-refractivity contribution in [2.24, 2.45) is 0 Å². The molecule has 2 heteroatoms. The highest BCUT2D eigenvalue weighted by Gasteiger charge is 1.95. The minimum absolute atomic E-state index is 0.146. The maximum atomic E-state index is 11.5. The fraction of sp³-hybridized carbons (Fsp3) is 0.333. The molecule has 0 aliphatic rings. The van der Waals surface area contributed by atoms with Crippen LogP contribution in [0.25, 0.3) is 0 Å². The summed E-state index contributed by atoms with van der Waals surface area (Å²) in [6, 6.07) is 0. The van der Waals surface area contributed by atoms with Gasteiger partial charge in [0.2, 0.25) is 0 Å². The lowest BCUT2D eigenvalue weighted by atomic mass is 10.2. The largest absolute Gasteiger partial charge is 0.246 e. The van der Waals surface area contributed by atoms with E-state index in [0.29, 0.717) is 0 Å². The molecule has 0 aromatic carbocycles. The van der Waals surface area contributed by atoms with Crippen LogP contribution in [0.15, 0.2) is 24.3 Å². The first-order valence-corrected chi connectivity index (χ1v) is 2.20. The average Bonchev–Trinajstić information content (AvgIpc) is 1.84. The first-order valence-electron chi connectivity index (χ1n) is 2.20. The standard InChI is InChI=1S/C6H8F2/c1-5(3-7)6(2)4-8/h1-4H2. The molecule has 0 saturated heterocycles. The molecule has 0 amide bonds. The number of rotatable bonds is 3. The highest BCUT2D eigenvalue weighted by atomic mass is 19.1. The van der Waals surface area contributed by atoms with Crippen LogP contribution in [0.1, 0.15) is 0 Å². The highest BCUT2D eigenvalue weighted by molar-refractivity contribution is 5.25. The predicted octanol–water partition coefficient (Wildman–Crippen LogP) is 2.04. The number of hydrogen-bond acceptors (Lipinski definition) is 0. The summed E-state index contributed by atoms with van der Waals surface area (Å²) in [5.74, 6) is 0. The molecule has 0 aromatic heterocycles. The molecule has 0 nitrogen and oxygen atoms in total.